The van der Waals surface area contributed by atoms with Crippen molar-refractivity contribution >= 4 is 44.7 Å². The van der Waals surface area contributed by atoms with Gasteiger partial charge in [0.05, 0.1) is 27.1 Å². The summed E-state index contributed by atoms with van der Waals surface area (Å²) in [6.07, 6.45) is 1.65. The smallest absolute Gasteiger partial charge is 0.223 e. The lowest BCUT2D eigenvalue weighted by Gasteiger charge is -2.11. The summed E-state index contributed by atoms with van der Waals surface area (Å²) in [7, 11) is 3.97. The van der Waals surface area contributed by atoms with Gasteiger partial charge in [-0.05, 0) is 47.9 Å². The number of ketones is 1. The minimum Gasteiger partial charge on any atom is -0.308 e. The number of halogens is 2. The van der Waals surface area contributed by atoms with Gasteiger partial charge in [0.2, 0.25) is 5.78 Å². The highest BCUT2D eigenvalue weighted by Crippen LogP contribution is 2.31. The first kappa shape index (κ1) is 15.7. The summed E-state index contributed by atoms with van der Waals surface area (Å²) in [5, 5.41) is 6.68. The zero-order valence-electron chi connectivity index (χ0n) is 11.5. The maximum atomic E-state index is 12.6. The van der Waals surface area contributed by atoms with E-state index in [4.69, 9.17) is 11.6 Å². The summed E-state index contributed by atoms with van der Waals surface area (Å²) < 4.78 is 2.42. The molecule has 0 aliphatic carbocycles. The van der Waals surface area contributed by atoms with E-state index in [0.717, 1.165) is 12.1 Å². The summed E-state index contributed by atoms with van der Waals surface area (Å²) in [6.45, 7) is 3.36. The molecule has 0 N–H and O–H groups in total. The Labute approximate surface area is 135 Å². The summed E-state index contributed by atoms with van der Waals surface area (Å²) in [5.74, 6) is -0.0868. The second-order valence-electron chi connectivity index (χ2n) is 4.76. The van der Waals surface area contributed by atoms with Crippen LogP contribution >= 0.6 is 38.9 Å². The summed E-state index contributed by atoms with van der Waals surface area (Å²) in [4.78, 5) is 15.3. The monoisotopic (exact) mass is 375 g/mol. The Morgan fingerprint density at radius 3 is 2.80 bits per heavy atom. The molecule has 0 radical (unpaired) electrons. The van der Waals surface area contributed by atoms with E-state index in [-0.39, 0.29) is 5.78 Å². The van der Waals surface area contributed by atoms with E-state index in [9.17, 15) is 4.79 Å². The van der Waals surface area contributed by atoms with Crippen molar-refractivity contribution in [2.45, 2.75) is 13.5 Å². The normalized spacial score (nSPS) is 11.3. The zero-order chi connectivity index (χ0) is 14.9. The molecule has 0 saturated carbocycles. The van der Waals surface area contributed by atoms with Gasteiger partial charge < -0.3 is 4.90 Å². The third-order valence-electron chi connectivity index (χ3n) is 2.87. The highest BCUT2D eigenvalue weighted by molar-refractivity contribution is 9.10. The maximum absolute atomic E-state index is 12.6. The van der Waals surface area contributed by atoms with E-state index in [1.165, 1.54) is 11.3 Å². The number of nitrogens with zero attached hydrogens (tertiary/aromatic N) is 3. The third kappa shape index (κ3) is 3.14. The number of thiophene rings is 1. The zero-order valence-corrected chi connectivity index (χ0v) is 14.6. The number of aromatic nitrogens is 2. The van der Waals surface area contributed by atoms with Crippen molar-refractivity contribution in [3.8, 4) is 0 Å². The number of carbonyl (C=O) groups excluding carboxylic acids is 1. The molecule has 108 valence electrons. The van der Waals surface area contributed by atoms with E-state index in [1.54, 1.807) is 10.9 Å². The Balaban J connectivity index is 2.34. The van der Waals surface area contributed by atoms with E-state index in [1.807, 2.05) is 31.3 Å². The standard InChI is InChI=1S/C13H15BrClN3OS/c1-8-7-20-13(10(8)15)12(19)11-9(14)6-16-18(11)5-4-17(2)3/h6-7H,4-5H2,1-3H3. The molecule has 0 aliphatic heterocycles. The Bertz CT molecular complexity index is 636. The van der Waals surface area contributed by atoms with Crippen LogP contribution in [0, 0.1) is 6.92 Å². The molecule has 0 saturated heterocycles. The van der Waals surface area contributed by atoms with Crippen molar-refractivity contribution in [3.05, 3.63) is 37.2 Å². The number of aryl methyl sites for hydroxylation is 1. The van der Waals surface area contributed by atoms with E-state index < -0.39 is 0 Å². The Morgan fingerprint density at radius 2 is 2.25 bits per heavy atom. The van der Waals surface area contributed by atoms with Crippen molar-refractivity contribution in [3.63, 3.8) is 0 Å². The topological polar surface area (TPSA) is 38.1 Å². The molecular weight excluding hydrogens is 362 g/mol. The predicted octanol–water partition coefficient (Wildman–Crippen LogP) is 3.46. The van der Waals surface area contributed by atoms with Crippen LogP contribution in [0.1, 0.15) is 20.9 Å². The van der Waals surface area contributed by atoms with Gasteiger partial charge in [0.25, 0.3) is 0 Å². The van der Waals surface area contributed by atoms with Crippen LogP contribution in [0.5, 0.6) is 0 Å². The van der Waals surface area contributed by atoms with E-state index in [0.29, 0.717) is 26.6 Å². The number of hydrogen-bond acceptors (Lipinski definition) is 4. The number of hydrogen-bond donors (Lipinski definition) is 0. The van der Waals surface area contributed by atoms with Crippen LogP contribution in [0.4, 0.5) is 0 Å². The first-order chi connectivity index (χ1) is 9.41. The van der Waals surface area contributed by atoms with Crippen LogP contribution in [0.15, 0.2) is 16.0 Å². The SMILES string of the molecule is Cc1csc(C(=O)c2c(Br)cnn2CCN(C)C)c1Cl. The summed E-state index contributed by atoms with van der Waals surface area (Å²) in [5.41, 5.74) is 1.48. The van der Waals surface area contributed by atoms with Gasteiger partial charge in [-0.3, -0.25) is 9.48 Å². The van der Waals surface area contributed by atoms with Crippen LogP contribution in [0.2, 0.25) is 5.02 Å². The molecule has 0 spiro atoms. The third-order valence-corrected chi connectivity index (χ3v) is 5.15. The van der Waals surface area contributed by atoms with Crippen LogP contribution in [-0.4, -0.2) is 41.1 Å². The Kier molecular flexibility index (Phi) is 5.01. The highest BCUT2D eigenvalue weighted by Gasteiger charge is 2.23. The molecule has 2 rings (SSSR count). The lowest BCUT2D eigenvalue weighted by molar-refractivity contribution is 0.103. The van der Waals surface area contributed by atoms with Crippen LogP contribution in [-0.2, 0) is 6.54 Å². The van der Waals surface area contributed by atoms with Crippen molar-refractivity contribution in [2.75, 3.05) is 20.6 Å². The Hall–Kier alpha value is -0.690. The molecule has 0 aliphatic rings. The number of likely N-dealkylation sites (N-methyl/N-ethyl adjacent to an activating group) is 1. The first-order valence-corrected chi connectivity index (χ1v) is 8.11. The lowest BCUT2D eigenvalue weighted by Crippen LogP contribution is -2.21. The molecule has 2 aromatic rings. The van der Waals surface area contributed by atoms with E-state index in [2.05, 4.69) is 21.0 Å². The minimum atomic E-state index is -0.0868. The molecule has 7 heteroatoms. The molecule has 0 aromatic carbocycles. The maximum Gasteiger partial charge on any atom is 0.223 e. The average Bonchev–Trinajstić information content (AvgIpc) is 2.91. The van der Waals surface area contributed by atoms with Crippen LogP contribution < -0.4 is 0 Å². The van der Waals surface area contributed by atoms with Gasteiger partial charge in [-0.15, -0.1) is 11.3 Å². The number of rotatable bonds is 5. The van der Waals surface area contributed by atoms with Gasteiger partial charge in [-0.2, -0.15) is 5.10 Å². The second-order valence-corrected chi connectivity index (χ2v) is 6.87. The number of carbonyl (C=O) groups is 1. The van der Waals surface area contributed by atoms with Gasteiger partial charge in [-0.25, -0.2) is 0 Å². The van der Waals surface area contributed by atoms with Crippen LogP contribution in [0.25, 0.3) is 0 Å². The van der Waals surface area contributed by atoms with Gasteiger partial charge in [0, 0.05) is 6.54 Å². The molecule has 2 aromatic heterocycles. The molecule has 4 nitrogen and oxygen atoms in total. The largest absolute Gasteiger partial charge is 0.308 e. The molecule has 0 atom stereocenters. The average molecular weight is 377 g/mol. The quantitative estimate of drug-likeness (QED) is 0.750. The molecule has 2 heterocycles. The lowest BCUT2D eigenvalue weighted by atomic mass is 10.2. The van der Waals surface area contributed by atoms with Gasteiger partial charge in [-0.1, -0.05) is 11.6 Å². The molecule has 20 heavy (non-hydrogen) atoms. The molecular formula is C13H15BrClN3OS. The molecule has 0 bridgehead atoms. The predicted molar refractivity (Wildman–Crippen MR) is 86.0 cm³/mol. The van der Waals surface area contributed by atoms with Crippen LogP contribution in [0.3, 0.4) is 0 Å². The van der Waals surface area contributed by atoms with Crippen molar-refractivity contribution in [1.82, 2.24) is 14.7 Å². The van der Waals surface area contributed by atoms with Gasteiger partial charge in [0.1, 0.15) is 5.69 Å². The summed E-state index contributed by atoms with van der Waals surface area (Å²) >= 11 is 11.0. The fourth-order valence-corrected chi connectivity index (χ4v) is 3.44. The van der Waals surface area contributed by atoms with Crippen molar-refractivity contribution in [1.29, 1.82) is 0 Å². The fraction of sp³-hybridized carbons (Fsp3) is 0.385. The van der Waals surface area contributed by atoms with Gasteiger partial charge in [0.15, 0.2) is 0 Å². The first-order valence-electron chi connectivity index (χ1n) is 6.06. The molecule has 0 amide bonds. The fourth-order valence-electron chi connectivity index (χ4n) is 1.74. The Morgan fingerprint density at radius 1 is 1.55 bits per heavy atom. The van der Waals surface area contributed by atoms with Gasteiger partial charge >= 0.3 is 0 Å². The molecule has 0 fully saturated rings. The van der Waals surface area contributed by atoms with Crippen molar-refractivity contribution in [2.24, 2.45) is 0 Å². The molecule has 0 unspecified atom stereocenters. The minimum absolute atomic E-state index is 0.0868. The van der Waals surface area contributed by atoms with Crippen molar-refractivity contribution < 1.29 is 4.79 Å². The van der Waals surface area contributed by atoms with E-state index >= 15 is 0 Å². The highest BCUT2D eigenvalue weighted by atomic mass is 79.9. The summed E-state index contributed by atoms with van der Waals surface area (Å²) in [6, 6.07) is 0. The second kappa shape index (κ2) is 6.39.